The van der Waals surface area contributed by atoms with Crippen LogP contribution < -0.4 is 0 Å². The molecule has 24 heavy (non-hydrogen) atoms. The van der Waals surface area contributed by atoms with Crippen LogP contribution in [0, 0.1) is 17.3 Å². The zero-order valence-electron chi connectivity index (χ0n) is 15.6. The van der Waals surface area contributed by atoms with Crippen LogP contribution in [0.4, 0.5) is 0 Å². The van der Waals surface area contributed by atoms with Gasteiger partial charge in [-0.05, 0) is 57.4 Å². The lowest BCUT2D eigenvalue weighted by Gasteiger charge is -2.34. The molecule has 0 heterocycles. The van der Waals surface area contributed by atoms with Crippen molar-refractivity contribution in [3.63, 3.8) is 0 Å². The fraction of sp³-hybridized carbons (Fsp3) is 0.619. The smallest absolute Gasteiger partial charge is 0.320 e. The molecule has 0 amide bonds. The molecule has 1 aromatic carbocycles. The number of rotatable bonds is 3. The predicted molar refractivity (Wildman–Crippen MR) is 95.6 cm³/mol. The topological polar surface area (TPSA) is 43.4 Å². The summed E-state index contributed by atoms with van der Waals surface area (Å²) in [5, 5.41) is 0. The van der Waals surface area contributed by atoms with Crippen molar-refractivity contribution in [3.05, 3.63) is 35.9 Å². The van der Waals surface area contributed by atoms with E-state index in [0.717, 1.165) is 12.0 Å². The molecule has 0 spiro atoms. The number of carbonyl (C=O) groups excluding carboxylic acids is 2. The Labute approximate surface area is 145 Å². The Bertz CT molecular complexity index is 585. The second kappa shape index (κ2) is 7.08. The molecule has 1 aliphatic rings. The van der Waals surface area contributed by atoms with E-state index in [4.69, 9.17) is 4.74 Å². The molecular formula is C21H30O3. The summed E-state index contributed by atoms with van der Waals surface area (Å²) in [5.74, 6) is 0.317. The number of ketones is 1. The lowest BCUT2D eigenvalue weighted by atomic mass is 9.72. The summed E-state index contributed by atoms with van der Waals surface area (Å²) in [6, 6.07) is 9.82. The fourth-order valence-corrected chi connectivity index (χ4v) is 3.83. The molecule has 0 saturated heterocycles. The van der Waals surface area contributed by atoms with Crippen LogP contribution >= 0.6 is 0 Å². The average Bonchev–Trinajstić information content (AvgIpc) is 2.55. The highest BCUT2D eigenvalue weighted by molar-refractivity contribution is 6.04. The second-order valence-corrected chi connectivity index (χ2v) is 8.52. The van der Waals surface area contributed by atoms with E-state index >= 15 is 0 Å². The van der Waals surface area contributed by atoms with E-state index in [9.17, 15) is 9.59 Å². The van der Waals surface area contributed by atoms with E-state index in [-0.39, 0.29) is 11.8 Å². The fourth-order valence-electron chi connectivity index (χ4n) is 3.83. The summed E-state index contributed by atoms with van der Waals surface area (Å²) in [4.78, 5) is 26.2. The minimum Gasteiger partial charge on any atom is -0.459 e. The number of hydrogen-bond acceptors (Lipinski definition) is 3. The van der Waals surface area contributed by atoms with Crippen molar-refractivity contribution in [3.8, 4) is 0 Å². The Morgan fingerprint density at radius 3 is 2.38 bits per heavy atom. The van der Waals surface area contributed by atoms with Gasteiger partial charge < -0.3 is 4.74 Å². The molecule has 1 aliphatic carbocycles. The zero-order valence-corrected chi connectivity index (χ0v) is 15.6. The summed E-state index contributed by atoms with van der Waals surface area (Å²) in [6.07, 6.45) is 2.43. The van der Waals surface area contributed by atoms with Gasteiger partial charge in [-0.25, -0.2) is 0 Å². The Hall–Kier alpha value is -1.64. The molecule has 2 rings (SSSR count). The first-order chi connectivity index (χ1) is 11.1. The molecule has 1 aromatic rings. The van der Waals surface area contributed by atoms with Gasteiger partial charge in [-0.2, -0.15) is 0 Å². The van der Waals surface area contributed by atoms with Gasteiger partial charge in [0.25, 0.3) is 0 Å². The lowest BCUT2D eigenvalue weighted by molar-refractivity contribution is -0.171. The Kier molecular flexibility index (Phi) is 5.52. The highest BCUT2D eigenvalue weighted by atomic mass is 16.6. The van der Waals surface area contributed by atoms with Gasteiger partial charge in [-0.3, -0.25) is 9.59 Å². The Balaban J connectivity index is 2.43. The van der Waals surface area contributed by atoms with Crippen molar-refractivity contribution in [2.75, 3.05) is 0 Å². The van der Waals surface area contributed by atoms with Crippen LogP contribution in [0.2, 0.25) is 0 Å². The summed E-state index contributed by atoms with van der Waals surface area (Å²) >= 11 is 0. The number of carbonyl (C=O) groups is 2. The third kappa shape index (κ3) is 4.46. The van der Waals surface area contributed by atoms with Crippen molar-refractivity contribution in [2.45, 2.75) is 65.9 Å². The first-order valence-corrected chi connectivity index (χ1v) is 8.93. The maximum atomic E-state index is 13.1. The summed E-state index contributed by atoms with van der Waals surface area (Å²) in [6.45, 7) is 9.80. The Morgan fingerprint density at radius 1 is 1.17 bits per heavy atom. The standard InChI is InChI=1S/C21H30O3/c1-15-11-16(2)13-21(18(22)12-15,19(23)24-20(3,4)5)14-17-9-7-6-8-10-17/h6-10,15-16H,11-14H2,1-5H3/t15-,16+,21-/m0/s1. The number of ether oxygens (including phenoxy) is 1. The van der Waals surface area contributed by atoms with Crippen LogP contribution in [0.5, 0.6) is 0 Å². The van der Waals surface area contributed by atoms with E-state index in [1.54, 1.807) is 0 Å². The van der Waals surface area contributed by atoms with Crippen molar-refractivity contribution < 1.29 is 14.3 Å². The monoisotopic (exact) mass is 330 g/mol. The van der Waals surface area contributed by atoms with Gasteiger partial charge in [-0.15, -0.1) is 0 Å². The van der Waals surface area contributed by atoms with E-state index in [1.165, 1.54) is 0 Å². The van der Waals surface area contributed by atoms with Crippen molar-refractivity contribution >= 4 is 11.8 Å². The molecule has 0 aromatic heterocycles. The molecular weight excluding hydrogens is 300 g/mol. The highest BCUT2D eigenvalue weighted by Gasteiger charge is 2.50. The van der Waals surface area contributed by atoms with E-state index < -0.39 is 11.0 Å². The molecule has 1 fully saturated rings. The minimum atomic E-state index is -1.06. The summed E-state index contributed by atoms with van der Waals surface area (Å²) < 4.78 is 5.70. The second-order valence-electron chi connectivity index (χ2n) is 8.52. The quantitative estimate of drug-likeness (QED) is 0.463. The number of Topliss-reactive ketones (excluding diaryl/α,β-unsaturated/α-hetero) is 1. The predicted octanol–water partition coefficient (Wildman–Crippen LogP) is 4.58. The largest absolute Gasteiger partial charge is 0.459 e. The van der Waals surface area contributed by atoms with Crippen LogP contribution in [0.15, 0.2) is 30.3 Å². The maximum absolute atomic E-state index is 13.1. The average molecular weight is 330 g/mol. The normalized spacial score (nSPS) is 28.3. The minimum absolute atomic E-state index is 0.0393. The van der Waals surface area contributed by atoms with Gasteiger partial charge >= 0.3 is 5.97 Å². The van der Waals surface area contributed by atoms with E-state index in [0.29, 0.717) is 31.1 Å². The van der Waals surface area contributed by atoms with Gasteiger partial charge in [0.2, 0.25) is 0 Å². The third-order valence-corrected chi connectivity index (χ3v) is 4.71. The van der Waals surface area contributed by atoms with E-state index in [1.807, 2.05) is 51.1 Å². The van der Waals surface area contributed by atoms with Crippen LogP contribution in [0.1, 0.15) is 59.4 Å². The zero-order chi connectivity index (χ0) is 18.0. The summed E-state index contributed by atoms with van der Waals surface area (Å²) in [5.41, 5.74) is -0.639. The molecule has 132 valence electrons. The third-order valence-electron chi connectivity index (χ3n) is 4.71. The van der Waals surface area contributed by atoms with Gasteiger partial charge in [0.1, 0.15) is 11.0 Å². The van der Waals surface area contributed by atoms with Crippen molar-refractivity contribution in [2.24, 2.45) is 17.3 Å². The molecule has 3 atom stereocenters. The first kappa shape index (κ1) is 18.7. The SMILES string of the molecule is C[C@@H]1CC(=O)[C@](Cc2ccccc2)(C(=O)OC(C)(C)C)C[C@H](C)C1. The van der Waals surface area contributed by atoms with E-state index in [2.05, 4.69) is 13.8 Å². The van der Waals surface area contributed by atoms with Crippen molar-refractivity contribution in [1.82, 2.24) is 0 Å². The molecule has 1 saturated carbocycles. The first-order valence-electron chi connectivity index (χ1n) is 8.93. The number of benzene rings is 1. The highest BCUT2D eigenvalue weighted by Crippen LogP contribution is 2.41. The molecule has 0 radical (unpaired) electrons. The lowest BCUT2D eigenvalue weighted by Crippen LogP contribution is -2.45. The van der Waals surface area contributed by atoms with Gasteiger partial charge in [0, 0.05) is 6.42 Å². The van der Waals surface area contributed by atoms with Gasteiger partial charge in [0.05, 0.1) is 0 Å². The molecule has 3 nitrogen and oxygen atoms in total. The Morgan fingerprint density at radius 2 is 1.79 bits per heavy atom. The van der Waals surface area contributed by atoms with Crippen LogP contribution in [-0.2, 0) is 20.7 Å². The van der Waals surface area contributed by atoms with Gasteiger partial charge in [-0.1, -0.05) is 44.2 Å². The van der Waals surface area contributed by atoms with Crippen LogP contribution in [0.3, 0.4) is 0 Å². The molecule has 0 aliphatic heterocycles. The number of esters is 1. The molecule has 3 heteroatoms. The van der Waals surface area contributed by atoms with Crippen molar-refractivity contribution in [1.29, 1.82) is 0 Å². The molecule has 0 N–H and O–H groups in total. The molecule has 0 bridgehead atoms. The number of hydrogen-bond donors (Lipinski definition) is 0. The van der Waals surface area contributed by atoms with Crippen LogP contribution in [-0.4, -0.2) is 17.4 Å². The molecule has 0 unspecified atom stereocenters. The van der Waals surface area contributed by atoms with Crippen LogP contribution in [0.25, 0.3) is 0 Å². The maximum Gasteiger partial charge on any atom is 0.320 e. The summed E-state index contributed by atoms with van der Waals surface area (Å²) in [7, 11) is 0. The van der Waals surface area contributed by atoms with Gasteiger partial charge in [0.15, 0.2) is 5.78 Å².